The van der Waals surface area contributed by atoms with Crippen LogP contribution in [0.15, 0.2) is 27.2 Å². The summed E-state index contributed by atoms with van der Waals surface area (Å²) in [7, 11) is 0. The molecule has 2 aromatic rings. The Kier molecular flexibility index (Phi) is 4.37. The maximum atomic E-state index is 6.10. The summed E-state index contributed by atoms with van der Waals surface area (Å²) in [4.78, 5) is 4.31. The van der Waals surface area contributed by atoms with E-state index in [4.69, 9.17) is 16.1 Å². The van der Waals surface area contributed by atoms with Crippen LogP contribution in [0.1, 0.15) is 19.7 Å². The third kappa shape index (κ3) is 3.31. The summed E-state index contributed by atoms with van der Waals surface area (Å²) in [6, 6.07) is 5.89. The Morgan fingerprint density at radius 2 is 2.22 bits per heavy atom. The van der Waals surface area contributed by atoms with Gasteiger partial charge < -0.3 is 9.84 Å². The average molecular weight is 331 g/mol. The number of hydrogen-bond acceptors (Lipinski definition) is 4. The van der Waals surface area contributed by atoms with Gasteiger partial charge in [-0.2, -0.15) is 4.98 Å². The summed E-state index contributed by atoms with van der Waals surface area (Å²) in [5, 5.41) is 7.73. The standard InChI is InChI=1S/C12H13BrClN3O/c1-7(2)15-6-11-16-12(18-17-11)9-5-8(13)3-4-10(9)14/h3-5,7,15H,6H2,1-2H3. The Morgan fingerprint density at radius 1 is 1.44 bits per heavy atom. The van der Waals surface area contributed by atoms with Crippen LogP contribution < -0.4 is 5.32 Å². The van der Waals surface area contributed by atoms with E-state index in [-0.39, 0.29) is 0 Å². The number of aromatic nitrogens is 2. The lowest BCUT2D eigenvalue weighted by molar-refractivity contribution is 0.417. The molecule has 0 aliphatic carbocycles. The summed E-state index contributed by atoms with van der Waals surface area (Å²) >= 11 is 9.49. The zero-order valence-corrected chi connectivity index (χ0v) is 12.4. The van der Waals surface area contributed by atoms with Gasteiger partial charge in [-0.1, -0.05) is 46.5 Å². The molecule has 6 heteroatoms. The molecule has 0 fully saturated rings. The third-order valence-corrected chi connectivity index (χ3v) is 3.12. The fourth-order valence-corrected chi connectivity index (χ4v) is 1.95. The topological polar surface area (TPSA) is 51.0 Å². The molecule has 18 heavy (non-hydrogen) atoms. The number of halogens is 2. The van der Waals surface area contributed by atoms with E-state index in [0.717, 1.165) is 10.0 Å². The normalized spacial score (nSPS) is 11.2. The molecule has 1 N–H and O–H groups in total. The van der Waals surface area contributed by atoms with Crippen molar-refractivity contribution in [3.05, 3.63) is 33.5 Å². The van der Waals surface area contributed by atoms with Gasteiger partial charge in [0, 0.05) is 10.5 Å². The minimum absolute atomic E-state index is 0.376. The van der Waals surface area contributed by atoms with Crippen molar-refractivity contribution in [2.24, 2.45) is 0 Å². The monoisotopic (exact) mass is 329 g/mol. The number of rotatable bonds is 4. The van der Waals surface area contributed by atoms with E-state index in [1.54, 1.807) is 6.07 Å². The Morgan fingerprint density at radius 3 is 2.94 bits per heavy atom. The van der Waals surface area contributed by atoms with Crippen LogP contribution in [0.3, 0.4) is 0 Å². The minimum Gasteiger partial charge on any atom is -0.334 e. The first kappa shape index (κ1) is 13.5. The van der Waals surface area contributed by atoms with Crippen molar-refractivity contribution in [3.63, 3.8) is 0 Å². The number of nitrogens with zero attached hydrogens (tertiary/aromatic N) is 2. The second kappa shape index (κ2) is 5.82. The first-order valence-corrected chi connectivity index (χ1v) is 6.74. The van der Waals surface area contributed by atoms with E-state index >= 15 is 0 Å². The Hall–Kier alpha value is -0.910. The van der Waals surface area contributed by atoms with Gasteiger partial charge in [0.1, 0.15) is 0 Å². The molecular weight excluding hydrogens is 318 g/mol. The maximum absolute atomic E-state index is 6.10. The molecule has 96 valence electrons. The summed E-state index contributed by atoms with van der Waals surface area (Å²) in [5.41, 5.74) is 0.731. The van der Waals surface area contributed by atoms with E-state index in [1.165, 1.54) is 0 Å². The zero-order valence-electron chi connectivity index (χ0n) is 10.1. The number of nitrogens with one attached hydrogen (secondary N) is 1. The lowest BCUT2D eigenvalue weighted by atomic mass is 10.2. The van der Waals surface area contributed by atoms with Gasteiger partial charge in [0.2, 0.25) is 0 Å². The fourth-order valence-electron chi connectivity index (χ4n) is 1.39. The second-order valence-corrected chi connectivity index (χ2v) is 5.50. The van der Waals surface area contributed by atoms with Gasteiger partial charge in [0.05, 0.1) is 17.1 Å². The lowest BCUT2D eigenvalue weighted by Gasteiger charge is -2.03. The van der Waals surface area contributed by atoms with Crippen molar-refractivity contribution in [1.82, 2.24) is 15.5 Å². The summed E-state index contributed by atoms with van der Waals surface area (Å²) in [6.07, 6.45) is 0. The summed E-state index contributed by atoms with van der Waals surface area (Å²) in [5.74, 6) is 1.05. The molecule has 0 bridgehead atoms. The molecule has 1 aromatic carbocycles. The van der Waals surface area contributed by atoms with Crippen LogP contribution in [0.5, 0.6) is 0 Å². The predicted molar refractivity (Wildman–Crippen MR) is 74.4 cm³/mol. The van der Waals surface area contributed by atoms with E-state index in [2.05, 4.69) is 45.2 Å². The van der Waals surface area contributed by atoms with Gasteiger partial charge >= 0.3 is 0 Å². The molecule has 0 atom stereocenters. The third-order valence-electron chi connectivity index (χ3n) is 2.30. The molecule has 2 rings (SSSR count). The van der Waals surface area contributed by atoms with Gasteiger partial charge in [0.15, 0.2) is 5.82 Å². The van der Waals surface area contributed by atoms with Crippen molar-refractivity contribution < 1.29 is 4.52 Å². The van der Waals surface area contributed by atoms with Crippen LogP contribution in [-0.4, -0.2) is 16.2 Å². The van der Waals surface area contributed by atoms with Gasteiger partial charge in [-0.25, -0.2) is 0 Å². The summed E-state index contributed by atoms with van der Waals surface area (Å²) < 4.78 is 6.13. The second-order valence-electron chi connectivity index (χ2n) is 4.18. The van der Waals surface area contributed by atoms with Crippen LogP contribution in [-0.2, 0) is 6.54 Å². The van der Waals surface area contributed by atoms with Crippen LogP contribution in [0.25, 0.3) is 11.5 Å². The van der Waals surface area contributed by atoms with E-state index in [0.29, 0.717) is 29.3 Å². The SMILES string of the molecule is CC(C)NCc1noc(-c2cc(Br)ccc2Cl)n1. The first-order valence-electron chi connectivity index (χ1n) is 5.57. The molecule has 0 radical (unpaired) electrons. The van der Waals surface area contributed by atoms with Gasteiger partial charge in [-0.15, -0.1) is 0 Å². The summed E-state index contributed by atoms with van der Waals surface area (Å²) in [6.45, 7) is 4.70. The molecule has 0 aliphatic heterocycles. The largest absolute Gasteiger partial charge is 0.334 e. The van der Waals surface area contributed by atoms with Crippen LogP contribution >= 0.6 is 27.5 Å². The minimum atomic E-state index is 0.376. The van der Waals surface area contributed by atoms with Gasteiger partial charge in [0.25, 0.3) is 5.89 Å². The van der Waals surface area contributed by atoms with Crippen LogP contribution in [0, 0.1) is 0 Å². The number of benzene rings is 1. The van der Waals surface area contributed by atoms with E-state index in [1.807, 2.05) is 12.1 Å². The molecule has 4 nitrogen and oxygen atoms in total. The van der Waals surface area contributed by atoms with Crippen LogP contribution in [0.4, 0.5) is 0 Å². The van der Waals surface area contributed by atoms with Crippen molar-refractivity contribution in [1.29, 1.82) is 0 Å². The predicted octanol–water partition coefficient (Wildman–Crippen LogP) is 3.65. The quantitative estimate of drug-likeness (QED) is 0.929. The van der Waals surface area contributed by atoms with Crippen molar-refractivity contribution in [2.75, 3.05) is 0 Å². The smallest absolute Gasteiger partial charge is 0.259 e. The van der Waals surface area contributed by atoms with Gasteiger partial charge in [-0.05, 0) is 18.2 Å². The molecule has 1 aromatic heterocycles. The molecule has 0 unspecified atom stereocenters. The molecule has 0 saturated carbocycles. The molecule has 0 aliphatic rings. The van der Waals surface area contributed by atoms with Crippen molar-refractivity contribution in [2.45, 2.75) is 26.4 Å². The highest BCUT2D eigenvalue weighted by atomic mass is 79.9. The van der Waals surface area contributed by atoms with Crippen LogP contribution in [0.2, 0.25) is 5.02 Å². The fraction of sp³-hybridized carbons (Fsp3) is 0.333. The Labute approximate surface area is 119 Å². The Balaban J connectivity index is 2.21. The molecule has 0 spiro atoms. The average Bonchev–Trinajstić information content (AvgIpc) is 2.78. The van der Waals surface area contributed by atoms with Gasteiger partial charge in [-0.3, -0.25) is 0 Å². The van der Waals surface area contributed by atoms with E-state index in [9.17, 15) is 0 Å². The zero-order chi connectivity index (χ0) is 13.1. The van der Waals surface area contributed by atoms with Crippen molar-refractivity contribution >= 4 is 27.5 Å². The molecule has 0 amide bonds. The highest BCUT2D eigenvalue weighted by Crippen LogP contribution is 2.29. The van der Waals surface area contributed by atoms with E-state index < -0.39 is 0 Å². The maximum Gasteiger partial charge on any atom is 0.259 e. The molecule has 1 heterocycles. The highest BCUT2D eigenvalue weighted by Gasteiger charge is 2.12. The number of hydrogen-bond donors (Lipinski definition) is 1. The Bertz CT molecular complexity index is 542. The molecule has 0 saturated heterocycles. The van der Waals surface area contributed by atoms with Crippen molar-refractivity contribution in [3.8, 4) is 11.5 Å². The first-order chi connectivity index (χ1) is 8.56. The highest BCUT2D eigenvalue weighted by molar-refractivity contribution is 9.10. The molecular formula is C12H13BrClN3O. The lowest BCUT2D eigenvalue weighted by Crippen LogP contribution is -2.22.